The molecule has 0 saturated heterocycles. The molecule has 0 fully saturated rings. The minimum Gasteiger partial charge on any atom is -0.309 e. The van der Waals surface area contributed by atoms with E-state index in [1.54, 1.807) is 24.3 Å². The number of nitrogens with zero attached hydrogens (tertiary/aromatic N) is 5. The van der Waals surface area contributed by atoms with Crippen molar-refractivity contribution in [3.05, 3.63) is 180 Å². The third-order valence-electron chi connectivity index (χ3n) is 10.1. The average molecular weight is 788 g/mol. The number of rotatable bonds is 6. The van der Waals surface area contributed by atoms with E-state index in [4.69, 9.17) is 15.0 Å². The summed E-state index contributed by atoms with van der Waals surface area (Å²) in [6, 6.07) is 47.3. The molecule has 286 valence electrons. The van der Waals surface area contributed by atoms with Crippen molar-refractivity contribution in [2.75, 3.05) is 0 Å². The van der Waals surface area contributed by atoms with E-state index in [-0.39, 0.29) is 28.7 Å². The fourth-order valence-electron chi connectivity index (χ4n) is 7.38. The van der Waals surface area contributed by atoms with E-state index in [0.717, 1.165) is 22.9 Å². The normalized spacial score (nSPS) is 11.9. The number of hydrogen-bond donors (Lipinski definition) is 0. The Hall–Kier alpha value is -7.58. The predicted octanol–water partition coefficient (Wildman–Crippen LogP) is 13.2. The fourth-order valence-corrected chi connectivity index (χ4v) is 7.38. The molecule has 9 rings (SSSR count). The number of nitriles is 1. The Bertz CT molecular complexity index is 3000. The van der Waals surface area contributed by atoms with Crippen molar-refractivity contribution in [3.8, 4) is 68.2 Å². The summed E-state index contributed by atoms with van der Waals surface area (Å²) in [5.74, 6) is 0.964. The summed E-state index contributed by atoms with van der Waals surface area (Å²) in [7, 11) is 0. The molecule has 0 unspecified atom stereocenters. The lowest BCUT2D eigenvalue weighted by molar-refractivity contribution is -0.143. The summed E-state index contributed by atoms with van der Waals surface area (Å²) in [6.07, 6.45) is -10.1. The summed E-state index contributed by atoms with van der Waals surface area (Å²) >= 11 is 0. The van der Waals surface area contributed by atoms with Gasteiger partial charge in [0.2, 0.25) is 0 Å². The third kappa shape index (κ3) is 6.95. The molecule has 0 aliphatic rings. The highest BCUT2D eigenvalue weighted by Crippen LogP contribution is 2.43. The summed E-state index contributed by atoms with van der Waals surface area (Å²) in [5, 5.41) is 11.5. The van der Waals surface area contributed by atoms with Gasteiger partial charge in [-0.1, -0.05) is 121 Å². The fraction of sp³-hybridized carbons (Fsp3) is 0.0417. The van der Waals surface area contributed by atoms with Crippen LogP contribution >= 0.6 is 0 Å². The lowest BCUT2D eigenvalue weighted by atomic mass is 9.96. The van der Waals surface area contributed by atoms with Gasteiger partial charge in [-0.15, -0.1) is 0 Å². The van der Waals surface area contributed by atoms with Gasteiger partial charge in [0, 0.05) is 33.0 Å². The van der Waals surface area contributed by atoms with Gasteiger partial charge in [0.05, 0.1) is 39.5 Å². The van der Waals surface area contributed by atoms with E-state index in [1.165, 1.54) is 6.07 Å². The molecule has 59 heavy (non-hydrogen) atoms. The molecule has 0 N–H and O–H groups in total. The third-order valence-corrected chi connectivity index (χ3v) is 10.1. The molecule has 0 atom stereocenters. The molecule has 9 aromatic rings. The van der Waals surface area contributed by atoms with E-state index in [2.05, 4.69) is 6.07 Å². The molecule has 11 heteroatoms. The maximum absolute atomic E-state index is 14.3. The lowest BCUT2D eigenvalue weighted by Gasteiger charge is -2.19. The first-order chi connectivity index (χ1) is 28.5. The number of alkyl halides is 6. The van der Waals surface area contributed by atoms with Gasteiger partial charge in [-0.05, 0) is 59.2 Å². The van der Waals surface area contributed by atoms with Crippen LogP contribution in [0.3, 0.4) is 0 Å². The molecule has 0 spiro atoms. The quantitative estimate of drug-likeness (QED) is 0.157. The standard InChI is InChI=1S/C48H27F6N5/c49-47(50,51)35-23-34(24-36(27-35)48(52,53)54)38-21-20-32(46-57-44(29-11-3-1-4-12-29)56-45(58-46)30-13-5-2-6-14-30)26-42(38)59-41-18-10-9-17-39(41)40-22-19-31(25-43(40)59)37-16-8-7-15-33(37)28-55/h1-27H. The Balaban J connectivity index is 1.37. The molecule has 0 radical (unpaired) electrons. The average Bonchev–Trinajstić information content (AvgIpc) is 3.59. The van der Waals surface area contributed by atoms with Crippen molar-refractivity contribution in [1.29, 1.82) is 5.26 Å². The molecule has 0 aliphatic heterocycles. The van der Waals surface area contributed by atoms with Crippen LogP contribution in [-0.4, -0.2) is 19.5 Å². The summed E-state index contributed by atoms with van der Waals surface area (Å²) < 4.78 is 87.8. The zero-order valence-electron chi connectivity index (χ0n) is 30.6. The SMILES string of the molecule is N#Cc1ccccc1-c1ccc2c3ccccc3n(-c3cc(-c4nc(-c5ccccc5)nc(-c5ccccc5)n4)ccc3-c3cc(C(F)(F)F)cc(C(F)(F)F)c3)c2c1. The Morgan fingerprint density at radius 1 is 0.424 bits per heavy atom. The van der Waals surface area contributed by atoms with Crippen LogP contribution in [0, 0.1) is 11.3 Å². The predicted molar refractivity (Wildman–Crippen MR) is 216 cm³/mol. The smallest absolute Gasteiger partial charge is 0.309 e. The minimum absolute atomic E-state index is 0.0939. The van der Waals surface area contributed by atoms with Crippen molar-refractivity contribution < 1.29 is 26.3 Å². The topological polar surface area (TPSA) is 67.4 Å². The van der Waals surface area contributed by atoms with Crippen molar-refractivity contribution in [2.24, 2.45) is 0 Å². The number of fused-ring (bicyclic) bond motifs is 3. The number of halogens is 6. The maximum atomic E-state index is 14.3. The second-order valence-electron chi connectivity index (χ2n) is 13.8. The monoisotopic (exact) mass is 787 g/mol. The number of para-hydroxylation sites is 1. The van der Waals surface area contributed by atoms with Crippen LogP contribution in [0.15, 0.2) is 164 Å². The Morgan fingerprint density at radius 3 is 1.56 bits per heavy atom. The van der Waals surface area contributed by atoms with Gasteiger partial charge in [-0.2, -0.15) is 31.6 Å². The molecule has 0 amide bonds. The first-order valence-electron chi connectivity index (χ1n) is 18.3. The number of hydrogen-bond acceptors (Lipinski definition) is 4. The molecule has 0 bridgehead atoms. The number of benzene rings is 7. The van der Waals surface area contributed by atoms with Gasteiger partial charge in [-0.25, -0.2) is 15.0 Å². The Morgan fingerprint density at radius 2 is 0.949 bits per heavy atom. The van der Waals surface area contributed by atoms with Gasteiger partial charge in [0.15, 0.2) is 17.5 Å². The highest BCUT2D eigenvalue weighted by Gasteiger charge is 2.37. The van der Waals surface area contributed by atoms with Crippen LogP contribution in [0.1, 0.15) is 16.7 Å². The molecule has 5 nitrogen and oxygen atoms in total. The van der Waals surface area contributed by atoms with Gasteiger partial charge >= 0.3 is 12.4 Å². The largest absolute Gasteiger partial charge is 0.416 e. The van der Waals surface area contributed by atoms with Gasteiger partial charge in [-0.3, -0.25) is 0 Å². The zero-order valence-corrected chi connectivity index (χ0v) is 30.6. The molecular formula is C48H27F6N5. The molecule has 0 aliphatic carbocycles. The van der Waals surface area contributed by atoms with Gasteiger partial charge in [0.1, 0.15) is 0 Å². The zero-order chi connectivity index (χ0) is 40.9. The van der Waals surface area contributed by atoms with Crippen molar-refractivity contribution in [2.45, 2.75) is 12.4 Å². The lowest BCUT2D eigenvalue weighted by Crippen LogP contribution is -2.11. The Kier molecular flexibility index (Phi) is 9.05. The maximum Gasteiger partial charge on any atom is 0.416 e. The van der Waals surface area contributed by atoms with E-state index in [9.17, 15) is 31.6 Å². The van der Waals surface area contributed by atoms with E-state index in [0.29, 0.717) is 56.1 Å². The van der Waals surface area contributed by atoms with Gasteiger partial charge < -0.3 is 4.57 Å². The van der Waals surface area contributed by atoms with E-state index < -0.39 is 23.5 Å². The molecule has 7 aromatic carbocycles. The van der Waals surface area contributed by atoms with Crippen molar-refractivity contribution in [3.63, 3.8) is 0 Å². The first-order valence-corrected chi connectivity index (χ1v) is 18.3. The van der Waals surface area contributed by atoms with Crippen molar-refractivity contribution in [1.82, 2.24) is 19.5 Å². The Labute approximate surface area is 333 Å². The molecular weight excluding hydrogens is 761 g/mol. The summed E-state index contributed by atoms with van der Waals surface area (Å²) in [4.78, 5) is 14.5. The molecule has 0 saturated carbocycles. The summed E-state index contributed by atoms with van der Waals surface area (Å²) in [5.41, 5.74) is 2.06. The van der Waals surface area contributed by atoms with Crippen molar-refractivity contribution >= 4 is 21.8 Å². The number of aromatic nitrogens is 4. The van der Waals surface area contributed by atoms with Crippen LogP contribution in [0.25, 0.3) is 83.9 Å². The van der Waals surface area contributed by atoms with Crippen LogP contribution in [0.2, 0.25) is 0 Å². The van der Waals surface area contributed by atoms with E-state index >= 15 is 0 Å². The van der Waals surface area contributed by atoms with Crippen LogP contribution in [0.5, 0.6) is 0 Å². The summed E-state index contributed by atoms with van der Waals surface area (Å²) in [6.45, 7) is 0. The van der Waals surface area contributed by atoms with Crippen LogP contribution in [-0.2, 0) is 12.4 Å². The minimum atomic E-state index is -5.07. The highest BCUT2D eigenvalue weighted by atomic mass is 19.4. The first kappa shape index (κ1) is 37.0. The molecule has 2 aromatic heterocycles. The second kappa shape index (κ2) is 14.4. The van der Waals surface area contributed by atoms with Gasteiger partial charge in [0.25, 0.3) is 0 Å². The van der Waals surface area contributed by atoms with E-state index in [1.807, 2.05) is 120 Å². The molecule has 2 heterocycles. The van der Waals surface area contributed by atoms with Crippen LogP contribution in [0.4, 0.5) is 26.3 Å². The van der Waals surface area contributed by atoms with Crippen LogP contribution < -0.4 is 0 Å². The second-order valence-corrected chi connectivity index (χ2v) is 13.8. The highest BCUT2D eigenvalue weighted by molar-refractivity contribution is 6.11.